The lowest BCUT2D eigenvalue weighted by molar-refractivity contribution is 0.502. The largest absolute Gasteiger partial charge is 0.444 e. The summed E-state index contributed by atoms with van der Waals surface area (Å²) in [6.45, 7) is 8.11. The Labute approximate surface area is 89.1 Å². The average Bonchev–Trinajstić information content (AvgIpc) is 2.18. The highest BCUT2D eigenvalue weighted by atomic mass is 19.1. The number of nitrogens with zero attached hydrogens (tertiary/aromatic N) is 1. The van der Waals surface area contributed by atoms with Crippen molar-refractivity contribution in [2.24, 2.45) is 4.99 Å². The number of ether oxygens (including phenoxy) is 1. The minimum atomic E-state index is -0.273. The molecule has 2 nitrogen and oxygen atoms in total. The van der Waals surface area contributed by atoms with Gasteiger partial charge >= 0.3 is 0 Å². The molecule has 15 heavy (non-hydrogen) atoms. The molecule has 1 aromatic carbocycles. The van der Waals surface area contributed by atoms with Crippen LogP contribution < -0.4 is 0 Å². The second-order valence-corrected chi connectivity index (χ2v) is 3.03. The third kappa shape index (κ3) is 3.54. The first-order chi connectivity index (χ1) is 7.13. The molecule has 0 amide bonds. The van der Waals surface area contributed by atoms with E-state index in [4.69, 9.17) is 4.74 Å². The molecule has 0 saturated heterocycles. The van der Waals surface area contributed by atoms with E-state index in [0.29, 0.717) is 18.2 Å². The summed E-state index contributed by atoms with van der Waals surface area (Å²) in [5.74, 6) is 0.766. The molecule has 0 aliphatic carbocycles. The van der Waals surface area contributed by atoms with Gasteiger partial charge in [-0.2, -0.15) is 0 Å². The van der Waals surface area contributed by atoms with Gasteiger partial charge in [-0.1, -0.05) is 6.58 Å². The van der Waals surface area contributed by atoms with E-state index >= 15 is 0 Å². The van der Waals surface area contributed by atoms with E-state index in [2.05, 4.69) is 11.6 Å². The van der Waals surface area contributed by atoms with Gasteiger partial charge in [-0.25, -0.2) is 4.39 Å². The Balaban J connectivity index is 2.69. The topological polar surface area (TPSA) is 21.6 Å². The monoisotopic (exact) mass is 207 g/mol. The van der Waals surface area contributed by atoms with Gasteiger partial charge in [0.1, 0.15) is 11.6 Å². The molecule has 0 saturated carbocycles. The fraction of sp³-hybridized carbons (Fsp3) is 0.250. The molecule has 0 fully saturated rings. The normalized spacial score (nSPS) is 11.3. The van der Waals surface area contributed by atoms with Crippen LogP contribution in [0.1, 0.15) is 19.4 Å². The van der Waals surface area contributed by atoms with Gasteiger partial charge in [0.15, 0.2) is 5.90 Å². The highest BCUT2D eigenvalue weighted by Gasteiger charge is 2.01. The second kappa shape index (κ2) is 5.29. The fourth-order valence-corrected chi connectivity index (χ4v) is 1.13. The van der Waals surface area contributed by atoms with Crippen LogP contribution in [0.4, 0.5) is 4.39 Å². The van der Waals surface area contributed by atoms with Gasteiger partial charge in [0, 0.05) is 19.0 Å². The quantitative estimate of drug-likeness (QED) is 0.423. The first-order valence-corrected chi connectivity index (χ1v) is 4.77. The number of aliphatic imine (C=N–C) groups is 1. The van der Waals surface area contributed by atoms with Crippen LogP contribution in [0.5, 0.6) is 0 Å². The van der Waals surface area contributed by atoms with Crippen molar-refractivity contribution in [2.75, 3.05) is 6.54 Å². The second-order valence-electron chi connectivity index (χ2n) is 3.03. The van der Waals surface area contributed by atoms with Crippen LogP contribution in [0.2, 0.25) is 0 Å². The van der Waals surface area contributed by atoms with Crippen LogP contribution in [0.3, 0.4) is 0 Å². The Bertz CT molecular complexity index is 368. The lowest BCUT2D eigenvalue weighted by Crippen LogP contribution is -1.99. The molecule has 0 aromatic heterocycles. The van der Waals surface area contributed by atoms with E-state index < -0.39 is 0 Å². The number of rotatable bonds is 3. The van der Waals surface area contributed by atoms with Crippen molar-refractivity contribution in [3.63, 3.8) is 0 Å². The summed E-state index contributed by atoms with van der Waals surface area (Å²) in [5.41, 5.74) is 0.752. The summed E-state index contributed by atoms with van der Waals surface area (Å²) in [7, 11) is 0. The van der Waals surface area contributed by atoms with Crippen molar-refractivity contribution in [3.8, 4) is 0 Å². The average molecular weight is 207 g/mol. The zero-order valence-electron chi connectivity index (χ0n) is 8.96. The zero-order chi connectivity index (χ0) is 11.3. The smallest absolute Gasteiger partial charge is 0.187 e. The first kappa shape index (κ1) is 11.4. The predicted molar refractivity (Wildman–Crippen MR) is 60.2 cm³/mol. The SMILES string of the molecule is C=C(O/C(C)=N/CC)c1ccc(F)cc1. The van der Waals surface area contributed by atoms with Crippen molar-refractivity contribution in [1.82, 2.24) is 0 Å². The van der Waals surface area contributed by atoms with E-state index in [0.717, 1.165) is 5.56 Å². The number of halogens is 1. The Kier molecular flexibility index (Phi) is 4.03. The van der Waals surface area contributed by atoms with Gasteiger partial charge < -0.3 is 4.74 Å². The van der Waals surface area contributed by atoms with Crippen molar-refractivity contribution in [1.29, 1.82) is 0 Å². The van der Waals surface area contributed by atoms with E-state index in [1.54, 1.807) is 19.1 Å². The maximum Gasteiger partial charge on any atom is 0.187 e. The molecule has 0 bridgehead atoms. The third-order valence-corrected chi connectivity index (χ3v) is 1.82. The highest BCUT2D eigenvalue weighted by Crippen LogP contribution is 2.14. The molecule has 0 spiro atoms. The molecule has 0 aliphatic rings. The van der Waals surface area contributed by atoms with E-state index in [-0.39, 0.29) is 5.82 Å². The minimum Gasteiger partial charge on any atom is -0.444 e. The zero-order valence-corrected chi connectivity index (χ0v) is 8.96. The summed E-state index contributed by atoms with van der Waals surface area (Å²) in [4.78, 5) is 4.07. The molecule has 0 aliphatic heterocycles. The van der Waals surface area contributed by atoms with Crippen LogP contribution in [-0.2, 0) is 4.74 Å². The lowest BCUT2D eigenvalue weighted by atomic mass is 10.2. The molecular formula is C12H14FNO. The molecule has 0 unspecified atom stereocenters. The number of hydrogen-bond donors (Lipinski definition) is 0. The minimum absolute atomic E-state index is 0.273. The number of hydrogen-bond acceptors (Lipinski definition) is 2. The maximum absolute atomic E-state index is 12.6. The third-order valence-electron chi connectivity index (χ3n) is 1.82. The molecule has 0 radical (unpaired) electrons. The Morgan fingerprint density at radius 1 is 1.40 bits per heavy atom. The Morgan fingerprint density at radius 3 is 2.53 bits per heavy atom. The molecule has 3 heteroatoms. The predicted octanol–water partition coefficient (Wildman–Crippen LogP) is 3.25. The summed E-state index contributed by atoms with van der Waals surface area (Å²) in [6.07, 6.45) is 0. The first-order valence-electron chi connectivity index (χ1n) is 4.77. The molecule has 0 N–H and O–H groups in total. The van der Waals surface area contributed by atoms with Gasteiger partial charge in [0.05, 0.1) is 0 Å². The summed E-state index contributed by atoms with van der Waals surface area (Å²) >= 11 is 0. The van der Waals surface area contributed by atoms with Crippen LogP contribution in [0, 0.1) is 5.82 Å². The summed E-state index contributed by atoms with van der Waals surface area (Å²) in [5, 5.41) is 0. The van der Waals surface area contributed by atoms with Crippen LogP contribution in [0.15, 0.2) is 35.8 Å². The Hall–Kier alpha value is -1.64. The number of benzene rings is 1. The Morgan fingerprint density at radius 2 is 2.00 bits per heavy atom. The highest BCUT2D eigenvalue weighted by molar-refractivity contribution is 5.80. The van der Waals surface area contributed by atoms with E-state index in [1.807, 2.05) is 6.92 Å². The van der Waals surface area contributed by atoms with Crippen molar-refractivity contribution >= 4 is 11.7 Å². The van der Waals surface area contributed by atoms with Crippen LogP contribution in [0.25, 0.3) is 5.76 Å². The van der Waals surface area contributed by atoms with Gasteiger partial charge in [-0.3, -0.25) is 4.99 Å². The van der Waals surface area contributed by atoms with Crippen LogP contribution in [-0.4, -0.2) is 12.4 Å². The van der Waals surface area contributed by atoms with Gasteiger partial charge in [-0.05, 0) is 31.2 Å². The molecule has 1 aromatic rings. The molecular weight excluding hydrogens is 193 g/mol. The molecule has 0 atom stereocenters. The molecule has 0 heterocycles. The van der Waals surface area contributed by atoms with Gasteiger partial charge in [0.25, 0.3) is 0 Å². The van der Waals surface area contributed by atoms with E-state index in [9.17, 15) is 4.39 Å². The molecule has 1 rings (SSSR count). The fourth-order valence-electron chi connectivity index (χ4n) is 1.13. The van der Waals surface area contributed by atoms with Gasteiger partial charge in [0.2, 0.25) is 0 Å². The standard InChI is InChI=1S/C12H14FNO/c1-4-14-10(3)15-9(2)11-5-7-12(13)8-6-11/h5-8H,2,4H2,1,3H3/b14-10+. The maximum atomic E-state index is 12.6. The van der Waals surface area contributed by atoms with Crippen LogP contribution >= 0.6 is 0 Å². The van der Waals surface area contributed by atoms with Crippen molar-refractivity contribution < 1.29 is 9.13 Å². The molecule has 80 valence electrons. The summed E-state index contributed by atoms with van der Waals surface area (Å²) in [6, 6.07) is 5.99. The van der Waals surface area contributed by atoms with Gasteiger partial charge in [-0.15, -0.1) is 0 Å². The van der Waals surface area contributed by atoms with Crippen molar-refractivity contribution in [3.05, 3.63) is 42.2 Å². The summed E-state index contributed by atoms with van der Waals surface area (Å²) < 4.78 is 18.0. The lowest BCUT2D eigenvalue weighted by Gasteiger charge is -2.07. The van der Waals surface area contributed by atoms with Crippen molar-refractivity contribution in [2.45, 2.75) is 13.8 Å². The van der Waals surface area contributed by atoms with E-state index in [1.165, 1.54) is 12.1 Å².